The van der Waals surface area contributed by atoms with Crippen LogP contribution in [0.2, 0.25) is 6.32 Å². The second kappa shape index (κ2) is 13.0. The van der Waals surface area contributed by atoms with E-state index in [0.29, 0.717) is 6.71 Å². The van der Waals surface area contributed by atoms with Gasteiger partial charge in [-0.05, 0) is 95.8 Å². The molecule has 8 rings (SSSR count). The number of fused-ring (bicyclic) bond motifs is 4. The van der Waals surface area contributed by atoms with E-state index < -0.39 is 0 Å². The molecule has 1 heterocycles. The zero-order valence-electron chi connectivity index (χ0n) is 28.2. The number of hydrogen-bond donors (Lipinski definition) is 1. The summed E-state index contributed by atoms with van der Waals surface area (Å²) in [5, 5.41) is 5.99. The monoisotopic (exact) mass is 642 g/mol. The standard InChI is InChI=1S/C44H44BN2P/c1-44(2)40-16-8-6-14-36(40)37-24-23-34(29-41(37)44)45(26-10-11-27-46-30-48)33-21-18-31(19-22-33)32-20-25-43-39(28-32)38-15-7-9-17-42(38)47(43)35-12-4-3-5-13-35/h3-5,7-13,15-22,25,28-29,46H,6,14,23-24,26-27,30,48H2,1-2H3/b11-10-. The van der Waals surface area contributed by atoms with E-state index in [1.54, 1.807) is 27.8 Å². The van der Waals surface area contributed by atoms with E-state index >= 15 is 0 Å². The molecule has 0 bridgehead atoms. The van der Waals surface area contributed by atoms with E-state index in [1.165, 1.54) is 63.3 Å². The molecule has 3 aliphatic carbocycles. The summed E-state index contributed by atoms with van der Waals surface area (Å²) in [6.45, 7) is 6.15. The van der Waals surface area contributed by atoms with Crippen molar-refractivity contribution in [3.63, 3.8) is 0 Å². The minimum Gasteiger partial charge on any atom is -0.310 e. The third-order valence-corrected chi connectivity index (χ3v) is 11.2. The Hall–Kier alpha value is -4.17. The van der Waals surface area contributed by atoms with Crippen molar-refractivity contribution < 1.29 is 0 Å². The van der Waals surface area contributed by atoms with Crippen LogP contribution in [0.15, 0.2) is 155 Å². The van der Waals surface area contributed by atoms with Gasteiger partial charge in [-0.3, -0.25) is 0 Å². The van der Waals surface area contributed by atoms with Gasteiger partial charge in [-0.15, -0.1) is 9.24 Å². The van der Waals surface area contributed by atoms with Gasteiger partial charge in [0.2, 0.25) is 6.71 Å². The maximum Gasteiger partial charge on any atom is 0.208 e. The highest BCUT2D eigenvalue weighted by molar-refractivity contribution is 7.16. The van der Waals surface area contributed by atoms with Crippen molar-refractivity contribution in [2.45, 2.75) is 45.9 Å². The number of para-hydroxylation sites is 2. The molecule has 4 aromatic carbocycles. The SMILES string of the molecule is CC1(C)C2=C(CCC=C2)C2=C1C=C(B(C/C=C\CNCP)c1ccc(-c3ccc4c(c3)c3ccccc3n4-c3ccccc3)cc1)CC2. The number of hydrogen-bond acceptors (Lipinski definition) is 1. The predicted octanol–water partition coefficient (Wildman–Crippen LogP) is 10.4. The Labute approximate surface area is 288 Å². The Morgan fingerprint density at radius 2 is 1.52 bits per heavy atom. The van der Waals surface area contributed by atoms with E-state index in [4.69, 9.17) is 0 Å². The molecule has 0 spiro atoms. The van der Waals surface area contributed by atoms with Gasteiger partial charge >= 0.3 is 0 Å². The van der Waals surface area contributed by atoms with Crippen molar-refractivity contribution in [3.05, 3.63) is 155 Å². The fourth-order valence-corrected chi connectivity index (χ4v) is 8.67. The number of nitrogens with zero attached hydrogens (tertiary/aromatic N) is 1. The number of allylic oxidation sites excluding steroid dienone is 9. The summed E-state index contributed by atoms with van der Waals surface area (Å²) in [5.41, 5.74) is 15.7. The first-order chi connectivity index (χ1) is 23.5. The summed E-state index contributed by atoms with van der Waals surface area (Å²) in [7, 11) is 2.75. The average molecular weight is 643 g/mol. The summed E-state index contributed by atoms with van der Waals surface area (Å²) in [6.07, 6.45) is 18.7. The molecule has 1 N–H and O–H groups in total. The van der Waals surface area contributed by atoms with Crippen molar-refractivity contribution in [1.29, 1.82) is 0 Å². The normalized spacial score (nSPS) is 17.0. The second-order valence-corrected chi connectivity index (χ2v) is 14.4. The fourth-order valence-electron chi connectivity index (χ4n) is 8.50. The van der Waals surface area contributed by atoms with Crippen LogP contribution in [0, 0.1) is 5.41 Å². The second-order valence-electron chi connectivity index (χ2n) is 14.0. The third kappa shape index (κ3) is 5.48. The van der Waals surface area contributed by atoms with E-state index in [-0.39, 0.29) is 5.41 Å². The first kappa shape index (κ1) is 31.1. The molecule has 0 fully saturated rings. The van der Waals surface area contributed by atoms with Crippen LogP contribution in [0.25, 0.3) is 38.6 Å². The molecule has 0 aliphatic heterocycles. The molecule has 1 unspecified atom stereocenters. The third-order valence-electron chi connectivity index (χ3n) is 10.9. The van der Waals surface area contributed by atoms with Crippen molar-refractivity contribution in [2.24, 2.45) is 5.41 Å². The van der Waals surface area contributed by atoms with Gasteiger partial charge in [-0.2, -0.15) is 0 Å². The van der Waals surface area contributed by atoms with Crippen LogP contribution in [-0.4, -0.2) is 24.1 Å². The molecule has 1 atom stereocenters. The van der Waals surface area contributed by atoms with Gasteiger partial charge in [-0.1, -0.05) is 122 Å². The lowest BCUT2D eigenvalue weighted by Gasteiger charge is -2.29. The minimum atomic E-state index is 0.0858. The van der Waals surface area contributed by atoms with Gasteiger partial charge in [0.25, 0.3) is 0 Å². The van der Waals surface area contributed by atoms with Crippen molar-refractivity contribution in [1.82, 2.24) is 9.88 Å². The first-order valence-corrected chi connectivity index (χ1v) is 18.5. The molecule has 5 aromatic rings. The number of aromatic nitrogens is 1. The molecule has 1 aromatic heterocycles. The van der Waals surface area contributed by atoms with Crippen LogP contribution >= 0.6 is 9.24 Å². The van der Waals surface area contributed by atoms with Crippen molar-refractivity contribution in [2.75, 3.05) is 12.8 Å². The first-order valence-electron chi connectivity index (χ1n) is 17.6. The van der Waals surface area contributed by atoms with Gasteiger partial charge in [0, 0.05) is 34.7 Å². The number of nitrogens with one attached hydrogen (secondary N) is 1. The zero-order chi connectivity index (χ0) is 32.7. The quantitative estimate of drug-likeness (QED) is 0.0733. The highest BCUT2D eigenvalue weighted by Crippen LogP contribution is 2.54. The Kier molecular flexibility index (Phi) is 8.45. The molecule has 3 aliphatic rings. The fraction of sp³-hybridized carbons (Fsp3) is 0.227. The average Bonchev–Trinajstić information content (AvgIpc) is 3.58. The van der Waals surface area contributed by atoms with E-state index in [2.05, 4.69) is 160 Å². The summed E-state index contributed by atoms with van der Waals surface area (Å²) in [4.78, 5) is 0. The van der Waals surface area contributed by atoms with E-state index in [1.807, 2.05) is 0 Å². The van der Waals surface area contributed by atoms with Crippen molar-refractivity contribution >= 4 is 43.2 Å². The summed E-state index contributed by atoms with van der Waals surface area (Å²) in [5.74, 6) is 0. The highest BCUT2D eigenvalue weighted by Gasteiger charge is 2.40. The molecule has 4 heteroatoms. The number of benzene rings is 4. The van der Waals surface area contributed by atoms with Crippen molar-refractivity contribution in [3.8, 4) is 16.8 Å². The molecule has 0 radical (unpaired) electrons. The molecule has 2 nitrogen and oxygen atoms in total. The zero-order valence-corrected chi connectivity index (χ0v) is 29.3. The lowest BCUT2D eigenvalue weighted by atomic mass is 9.36. The largest absolute Gasteiger partial charge is 0.310 e. The topological polar surface area (TPSA) is 17.0 Å². The van der Waals surface area contributed by atoms with Crippen LogP contribution in [0.3, 0.4) is 0 Å². The van der Waals surface area contributed by atoms with Crippen LogP contribution in [0.4, 0.5) is 0 Å². The molecule has 0 amide bonds. The smallest absolute Gasteiger partial charge is 0.208 e. The maximum absolute atomic E-state index is 3.41. The summed E-state index contributed by atoms with van der Waals surface area (Å²) in [6, 6.07) is 35.9. The minimum absolute atomic E-state index is 0.0858. The molecular formula is C44H44BN2P. The lowest BCUT2D eigenvalue weighted by Crippen LogP contribution is -2.33. The lowest BCUT2D eigenvalue weighted by molar-refractivity contribution is 0.568. The van der Waals surface area contributed by atoms with E-state index in [9.17, 15) is 0 Å². The molecule has 48 heavy (non-hydrogen) atoms. The Bertz CT molecular complexity index is 2160. The van der Waals surface area contributed by atoms with Gasteiger partial charge in [0.15, 0.2) is 0 Å². The van der Waals surface area contributed by atoms with Crippen LogP contribution in [-0.2, 0) is 0 Å². The Balaban J connectivity index is 1.14. The summed E-state index contributed by atoms with van der Waals surface area (Å²) >= 11 is 0. The van der Waals surface area contributed by atoms with Gasteiger partial charge in [0.05, 0.1) is 11.0 Å². The van der Waals surface area contributed by atoms with Gasteiger partial charge in [-0.25, -0.2) is 0 Å². The predicted molar refractivity (Wildman–Crippen MR) is 212 cm³/mol. The molecular weight excluding hydrogens is 598 g/mol. The Morgan fingerprint density at radius 3 is 2.35 bits per heavy atom. The molecule has 238 valence electrons. The molecule has 0 saturated carbocycles. The van der Waals surface area contributed by atoms with Gasteiger partial charge in [0.1, 0.15) is 0 Å². The van der Waals surface area contributed by atoms with Crippen LogP contribution in [0.5, 0.6) is 0 Å². The van der Waals surface area contributed by atoms with Crippen LogP contribution < -0.4 is 10.8 Å². The van der Waals surface area contributed by atoms with Gasteiger partial charge < -0.3 is 9.88 Å². The maximum atomic E-state index is 3.41. The highest BCUT2D eigenvalue weighted by atomic mass is 31.0. The molecule has 0 saturated heterocycles. The summed E-state index contributed by atoms with van der Waals surface area (Å²) < 4.78 is 2.39. The van der Waals surface area contributed by atoms with E-state index in [0.717, 1.165) is 25.6 Å². The number of rotatable bonds is 9. The van der Waals surface area contributed by atoms with Crippen LogP contribution in [0.1, 0.15) is 39.5 Å². The Morgan fingerprint density at radius 1 is 0.771 bits per heavy atom.